The molecule has 0 amide bonds. The third-order valence-corrected chi connectivity index (χ3v) is 4.91. The van der Waals surface area contributed by atoms with Gasteiger partial charge in [0.2, 0.25) is 0 Å². The molecule has 0 aliphatic heterocycles. The van der Waals surface area contributed by atoms with Crippen molar-refractivity contribution in [2.75, 3.05) is 26.2 Å². The molecule has 0 aromatic carbocycles. The summed E-state index contributed by atoms with van der Waals surface area (Å²) in [6.07, 6.45) is 17.0. The van der Waals surface area contributed by atoms with E-state index in [4.69, 9.17) is 0 Å². The first-order chi connectivity index (χ1) is 10.2. The lowest BCUT2D eigenvalue weighted by molar-refractivity contribution is -0.929. The van der Waals surface area contributed by atoms with Crippen molar-refractivity contribution in [1.29, 1.82) is 0 Å². The van der Waals surface area contributed by atoms with E-state index in [0.717, 1.165) is 0 Å². The zero-order valence-electron chi connectivity index (χ0n) is 16.1. The minimum atomic E-state index is 0. The van der Waals surface area contributed by atoms with Gasteiger partial charge in [0.25, 0.3) is 0 Å². The highest BCUT2D eigenvalue weighted by atomic mass is 79.9. The fraction of sp³-hybridized carbons (Fsp3) is 1.00. The van der Waals surface area contributed by atoms with Crippen LogP contribution >= 0.6 is 0 Å². The first-order valence-electron chi connectivity index (χ1n) is 10.1. The monoisotopic (exact) mass is 377 g/mol. The molecule has 1 atom stereocenters. The number of hydrogen-bond donors (Lipinski definition) is 0. The highest BCUT2D eigenvalue weighted by molar-refractivity contribution is 4.51. The average molecular weight is 378 g/mol. The lowest BCUT2D eigenvalue weighted by Crippen LogP contribution is -3.00. The summed E-state index contributed by atoms with van der Waals surface area (Å²) in [4.78, 5) is 0. The Bertz CT molecular complexity index is 208. The molecule has 1 unspecified atom stereocenters. The van der Waals surface area contributed by atoms with E-state index in [1.54, 1.807) is 0 Å². The first kappa shape index (κ1) is 24.7. The number of hydrogen-bond acceptors (Lipinski definition) is 0. The number of quaternary nitrogens is 1. The van der Waals surface area contributed by atoms with Crippen molar-refractivity contribution in [2.45, 2.75) is 105 Å². The van der Waals surface area contributed by atoms with Gasteiger partial charge in [-0.05, 0) is 38.5 Å². The van der Waals surface area contributed by atoms with Crippen LogP contribution < -0.4 is 17.0 Å². The van der Waals surface area contributed by atoms with Crippen molar-refractivity contribution >= 4 is 0 Å². The Hall–Kier alpha value is 0.440. The third kappa shape index (κ3) is 12.9. The maximum atomic E-state index is 2.38. The fourth-order valence-electron chi connectivity index (χ4n) is 3.56. The van der Waals surface area contributed by atoms with Crippen LogP contribution in [-0.4, -0.2) is 30.7 Å². The summed E-state index contributed by atoms with van der Waals surface area (Å²) in [7, 11) is 0. The Morgan fingerprint density at radius 1 is 0.409 bits per heavy atom. The predicted octanol–water partition coefficient (Wildman–Crippen LogP) is 3.57. The Morgan fingerprint density at radius 2 is 0.818 bits per heavy atom. The second kappa shape index (κ2) is 17.8. The molecule has 2 heteroatoms. The van der Waals surface area contributed by atoms with Crippen molar-refractivity contribution in [2.24, 2.45) is 0 Å². The summed E-state index contributed by atoms with van der Waals surface area (Å²) < 4.78 is 1.43. The molecular weight excluding hydrogens is 334 g/mol. The highest BCUT2D eigenvalue weighted by Gasteiger charge is 2.24. The lowest BCUT2D eigenvalue weighted by atomic mass is 10.1. The molecule has 0 saturated carbocycles. The molecule has 0 aliphatic carbocycles. The fourth-order valence-corrected chi connectivity index (χ4v) is 3.56. The molecule has 0 aliphatic rings. The second-order valence-electron chi connectivity index (χ2n) is 7.06. The van der Waals surface area contributed by atoms with Crippen molar-refractivity contribution in [3.8, 4) is 0 Å². The van der Waals surface area contributed by atoms with Crippen LogP contribution in [0.5, 0.6) is 0 Å². The van der Waals surface area contributed by atoms with Crippen LogP contribution in [0.1, 0.15) is 105 Å². The molecule has 0 aromatic rings. The molecule has 0 saturated heterocycles. The van der Waals surface area contributed by atoms with Crippen LogP contribution in [0.3, 0.4) is 0 Å². The van der Waals surface area contributed by atoms with E-state index >= 15 is 0 Å². The molecule has 0 radical (unpaired) electrons. The zero-order chi connectivity index (χ0) is 15.8. The summed E-state index contributed by atoms with van der Waals surface area (Å²) >= 11 is 0. The number of rotatable bonds is 16. The number of unbranched alkanes of at least 4 members (excludes halogenated alkanes) is 8. The standard InChI is InChI=1S/C20H44N.BrH/c1-5-9-12-13-14-16-20-21(17-8-4,18-11-7-3)19-15-10-6-2;/h5-20H2,1-4H3;1H/q+1;/p-1. The van der Waals surface area contributed by atoms with Gasteiger partial charge in [0.1, 0.15) is 0 Å². The van der Waals surface area contributed by atoms with Gasteiger partial charge in [-0.15, -0.1) is 0 Å². The Labute approximate surface area is 152 Å². The number of halogens is 1. The van der Waals surface area contributed by atoms with Crippen LogP contribution in [0.25, 0.3) is 0 Å². The Morgan fingerprint density at radius 3 is 1.36 bits per heavy atom. The molecule has 1 nitrogen and oxygen atoms in total. The van der Waals surface area contributed by atoms with Crippen LogP contribution in [0, 0.1) is 0 Å². The first-order valence-corrected chi connectivity index (χ1v) is 10.1. The molecule has 0 rings (SSSR count). The van der Waals surface area contributed by atoms with Crippen LogP contribution in [0.2, 0.25) is 0 Å². The van der Waals surface area contributed by atoms with Crippen LogP contribution in [0.15, 0.2) is 0 Å². The molecule has 136 valence electrons. The summed E-state index contributed by atoms with van der Waals surface area (Å²) in [5, 5.41) is 0. The maximum absolute atomic E-state index is 2.38. The third-order valence-electron chi connectivity index (χ3n) is 4.91. The maximum Gasteiger partial charge on any atom is 0.0786 e. The summed E-state index contributed by atoms with van der Waals surface area (Å²) in [6.45, 7) is 15.1. The van der Waals surface area contributed by atoms with Crippen molar-refractivity contribution in [3.05, 3.63) is 0 Å². The van der Waals surface area contributed by atoms with E-state index in [9.17, 15) is 0 Å². The zero-order valence-corrected chi connectivity index (χ0v) is 17.7. The topological polar surface area (TPSA) is 0 Å². The van der Waals surface area contributed by atoms with Crippen LogP contribution in [0.4, 0.5) is 0 Å². The van der Waals surface area contributed by atoms with Gasteiger partial charge in [-0.2, -0.15) is 0 Å². The van der Waals surface area contributed by atoms with Gasteiger partial charge in [-0.3, -0.25) is 0 Å². The quantitative estimate of drug-likeness (QED) is 0.285. The molecule has 0 spiro atoms. The van der Waals surface area contributed by atoms with E-state index in [0.29, 0.717) is 0 Å². The van der Waals surface area contributed by atoms with E-state index in [-0.39, 0.29) is 17.0 Å². The SMILES string of the molecule is CCCCCCCC[N+](CCC)(CCCC)CCCCC.[Br-]. The Balaban J connectivity index is 0. The molecule has 0 N–H and O–H groups in total. The summed E-state index contributed by atoms with van der Waals surface area (Å²) in [5.41, 5.74) is 0. The summed E-state index contributed by atoms with van der Waals surface area (Å²) in [6, 6.07) is 0. The van der Waals surface area contributed by atoms with Gasteiger partial charge < -0.3 is 21.5 Å². The van der Waals surface area contributed by atoms with Crippen molar-refractivity contribution in [3.63, 3.8) is 0 Å². The molecule has 0 aromatic heterocycles. The van der Waals surface area contributed by atoms with Gasteiger partial charge in [0.05, 0.1) is 26.2 Å². The molecule has 0 fully saturated rings. The van der Waals surface area contributed by atoms with Crippen molar-refractivity contribution < 1.29 is 21.5 Å². The number of nitrogens with zero attached hydrogens (tertiary/aromatic N) is 1. The largest absolute Gasteiger partial charge is 1.00 e. The minimum absolute atomic E-state index is 0. The van der Waals surface area contributed by atoms with E-state index in [1.807, 2.05) is 0 Å². The van der Waals surface area contributed by atoms with Gasteiger partial charge in [0, 0.05) is 0 Å². The van der Waals surface area contributed by atoms with Crippen molar-refractivity contribution in [1.82, 2.24) is 0 Å². The molecule has 0 heterocycles. The second-order valence-corrected chi connectivity index (χ2v) is 7.06. The van der Waals surface area contributed by atoms with Gasteiger partial charge in [-0.25, -0.2) is 0 Å². The average Bonchev–Trinajstić information content (AvgIpc) is 2.49. The van der Waals surface area contributed by atoms with Gasteiger partial charge in [-0.1, -0.05) is 66.2 Å². The van der Waals surface area contributed by atoms with E-state index in [2.05, 4.69) is 27.7 Å². The normalized spacial score (nSPS) is 13.6. The van der Waals surface area contributed by atoms with Crippen LogP contribution in [-0.2, 0) is 0 Å². The Kier molecular flexibility index (Phi) is 20.0. The summed E-state index contributed by atoms with van der Waals surface area (Å²) in [5.74, 6) is 0. The van der Waals surface area contributed by atoms with Gasteiger partial charge in [0.15, 0.2) is 0 Å². The lowest BCUT2D eigenvalue weighted by Gasteiger charge is -2.39. The van der Waals surface area contributed by atoms with E-state index in [1.165, 1.54) is 108 Å². The molecular formula is C20H44BrN. The molecule has 0 bridgehead atoms. The van der Waals surface area contributed by atoms with E-state index < -0.39 is 0 Å². The highest BCUT2D eigenvalue weighted by Crippen LogP contribution is 2.17. The minimum Gasteiger partial charge on any atom is -1.00 e. The van der Waals surface area contributed by atoms with Gasteiger partial charge >= 0.3 is 0 Å². The molecule has 22 heavy (non-hydrogen) atoms. The smallest absolute Gasteiger partial charge is 0.0786 e. The predicted molar refractivity (Wildman–Crippen MR) is 97.8 cm³/mol.